The van der Waals surface area contributed by atoms with Gasteiger partial charge in [-0.05, 0) is 43.4 Å². The summed E-state index contributed by atoms with van der Waals surface area (Å²) in [6.45, 7) is 0.775. The third-order valence-corrected chi connectivity index (χ3v) is 6.57. The Balaban J connectivity index is 1.41. The van der Waals surface area contributed by atoms with Crippen LogP contribution in [0.15, 0.2) is 29.1 Å². The molecule has 8 heteroatoms. The number of ether oxygens (including phenoxy) is 1. The van der Waals surface area contributed by atoms with Gasteiger partial charge in [0.25, 0.3) is 0 Å². The molecule has 0 bridgehead atoms. The third kappa shape index (κ3) is 3.05. The Bertz CT molecular complexity index is 986. The smallest absolute Gasteiger partial charge is 0.346 e. The highest BCUT2D eigenvalue weighted by molar-refractivity contribution is 5.81. The summed E-state index contributed by atoms with van der Waals surface area (Å²) >= 11 is 0. The van der Waals surface area contributed by atoms with E-state index in [-0.39, 0.29) is 30.1 Å². The number of likely N-dealkylation sites (tertiary alicyclic amines) is 1. The van der Waals surface area contributed by atoms with Crippen LogP contribution < -0.4 is 10.4 Å². The number of carbonyl (C=O) groups is 1. The van der Waals surface area contributed by atoms with Crippen LogP contribution in [0.25, 0.3) is 0 Å². The van der Waals surface area contributed by atoms with E-state index in [1.54, 1.807) is 11.7 Å². The van der Waals surface area contributed by atoms with E-state index in [0.29, 0.717) is 25.2 Å². The quantitative estimate of drug-likeness (QED) is 0.768. The highest BCUT2D eigenvalue weighted by atomic mass is 19.1. The molecule has 3 heterocycles. The molecule has 3 aliphatic rings. The maximum absolute atomic E-state index is 13.2. The molecule has 1 saturated carbocycles. The number of nitrogens with zero attached hydrogens (tertiary/aromatic N) is 4. The van der Waals surface area contributed by atoms with Gasteiger partial charge >= 0.3 is 5.69 Å². The Morgan fingerprint density at radius 2 is 2.00 bits per heavy atom. The van der Waals surface area contributed by atoms with Crippen LogP contribution in [-0.2, 0) is 23.2 Å². The molecule has 1 unspecified atom stereocenters. The summed E-state index contributed by atoms with van der Waals surface area (Å²) in [5, 5.41) is 4.58. The second kappa shape index (κ2) is 6.71. The van der Waals surface area contributed by atoms with Crippen LogP contribution in [0.1, 0.15) is 43.1 Å². The topological polar surface area (TPSA) is 69.4 Å². The van der Waals surface area contributed by atoms with Crippen LogP contribution in [0.4, 0.5) is 4.39 Å². The van der Waals surface area contributed by atoms with E-state index in [1.165, 1.54) is 15.1 Å². The average molecular weight is 400 g/mol. The molecule has 2 aromatic rings. The second-order valence-electron chi connectivity index (χ2n) is 8.48. The van der Waals surface area contributed by atoms with E-state index >= 15 is 0 Å². The molecular weight excluding hydrogens is 375 g/mol. The van der Waals surface area contributed by atoms with E-state index in [1.807, 2.05) is 12.1 Å². The Labute approximate surface area is 168 Å². The van der Waals surface area contributed by atoms with Crippen molar-refractivity contribution in [1.29, 1.82) is 0 Å². The zero-order valence-corrected chi connectivity index (χ0v) is 16.5. The van der Waals surface area contributed by atoms with E-state index in [9.17, 15) is 14.0 Å². The number of fused-ring (bicyclic) bond motifs is 1. The number of hydrogen-bond acceptors (Lipinski definition) is 4. The second-order valence-corrected chi connectivity index (χ2v) is 8.48. The fraction of sp³-hybridized carbons (Fsp3) is 0.571. The number of methoxy groups -OCH3 is 1. The first-order chi connectivity index (χ1) is 14.0. The molecule has 5 rings (SSSR count). The molecule has 1 aliphatic carbocycles. The van der Waals surface area contributed by atoms with Crippen LogP contribution >= 0.6 is 0 Å². The van der Waals surface area contributed by atoms with Crippen molar-refractivity contribution < 1.29 is 13.9 Å². The summed E-state index contributed by atoms with van der Waals surface area (Å²) in [4.78, 5) is 27.4. The average Bonchev–Trinajstić information content (AvgIpc) is 3.43. The predicted molar refractivity (Wildman–Crippen MR) is 104 cm³/mol. The first-order valence-electron chi connectivity index (χ1n) is 10.3. The molecule has 1 amide bonds. The number of halogens is 1. The number of benzene rings is 1. The number of amides is 1. The van der Waals surface area contributed by atoms with E-state index in [0.717, 1.165) is 25.0 Å². The summed E-state index contributed by atoms with van der Waals surface area (Å²) < 4.78 is 21.5. The van der Waals surface area contributed by atoms with Crippen molar-refractivity contribution in [3.8, 4) is 5.75 Å². The van der Waals surface area contributed by atoms with Crippen molar-refractivity contribution in [3.63, 3.8) is 0 Å². The molecule has 1 saturated heterocycles. The molecule has 0 N–H and O–H groups in total. The van der Waals surface area contributed by atoms with Gasteiger partial charge in [0.05, 0.1) is 26.7 Å². The van der Waals surface area contributed by atoms with Gasteiger partial charge < -0.3 is 9.64 Å². The summed E-state index contributed by atoms with van der Waals surface area (Å²) in [5.41, 5.74) is 0.868. The number of aromatic nitrogens is 3. The Morgan fingerprint density at radius 1 is 1.28 bits per heavy atom. The lowest BCUT2D eigenvalue weighted by atomic mass is 9.96. The molecule has 0 spiro atoms. The number of aryl methyl sites for hydroxylation is 1. The van der Waals surface area contributed by atoms with Crippen LogP contribution in [-0.4, -0.2) is 51.5 Å². The van der Waals surface area contributed by atoms with E-state index in [2.05, 4.69) is 17.2 Å². The number of hydrogen-bond donors (Lipinski definition) is 0. The molecule has 2 fully saturated rings. The van der Waals surface area contributed by atoms with Crippen LogP contribution in [0.3, 0.4) is 0 Å². The van der Waals surface area contributed by atoms with Crippen molar-refractivity contribution in [1.82, 2.24) is 19.2 Å². The first kappa shape index (κ1) is 18.4. The van der Waals surface area contributed by atoms with Gasteiger partial charge in [-0.1, -0.05) is 12.1 Å². The molecule has 0 radical (unpaired) electrons. The molecule has 1 aromatic carbocycles. The van der Waals surface area contributed by atoms with Crippen LogP contribution in [0.5, 0.6) is 5.75 Å². The predicted octanol–water partition coefficient (Wildman–Crippen LogP) is 1.84. The van der Waals surface area contributed by atoms with Crippen molar-refractivity contribution in [2.45, 2.75) is 56.3 Å². The minimum absolute atomic E-state index is 0.0843. The summed E-state index contributed by atoms with van der Waals surface area (Å²) in [6, 6.07) is 7.43. The fourth-order valence-electron chi connectivity index (χ4n) is 4.60. The molecule has 1 atom stereocenters. The lowest BCUT2D eigenvalue weighted by Crippen LogP contribution is -2.54. The summed E-state index contributed by atoms with van der Waals surface area (Å²) in [7, 11) is 1.64. The van der Waals surface area contributed by atoms with E-state index in [4.69, 9.17) is 4.74 Å². The van der Waals surface area contributed by atoms with E-state index < -0.39 is 12.2 Å². The fourth-order valence-corrected chi connectivity index (χ4v) is 4.60. The highest BCUT2D eigenvalue weighted by Crippen LogP contribution is 2.49. The van der Waals surface area contributed by atoms with Gasteiger partial charge in [-0.15, -0.1) is 0 Å². The van der Waals surface area contributed by atoms with Crippen molar-refractivity contribution in [2.75, 3.05) is 20.2 Å². The summed E-state index contributed by atoms with van der Waals surface area (Å²) in [6.07, 6.45) is 3.16. The van der Waals surface area contributed by atoms with Crippen molar-refractivity contribution >= 4 is 5.91 Å². The maximum atomic E-state index is 13.2. The largest absolute Gasteiger partial charge is 0.497 e. The minimum Gasteiger partial charge on any atom is -0.497 e. The van der Waals surface area contributed by atoms with Crippen LogP contribution in [0.2, 0.25) is 0 Å². The van der Waals surface area contributed by atoms with Gasteiger partial charge in [0.15, 0.2) is 0 Å². The molecular formula is C21H25FN4O3. The highest BCUT2D eigenvalue weighted by Gasteiger charge is 2.46. The normalized spacial score (nSPS) is 22.7. The van der Waals surface area contributed by atoms with Gasteiger partial charge in [-0.25, -0.2) is 13.9 Å². The first-order valence-corrected chi connectivity index (χ1v) is 10.3. The Hall–Kier alpha value is -2.64. The standard InChI is InChI=1S/C21H25FN4O3/c1-29-16-7-5-14(6-8-16)21(9-10-21)13-25-20(28)26-17(3-2-4-18(26)23-25)19(27)24-11-15(22)12-24/h5-8,15,17H,2-4,9-13H2,1H3. The lowest BCUT2D eigenvalue weighted by Gasteiger charge is -2.37. The Kier molecular flexibility index (Phi) is 4.26. The van der Waals surface area contributed by atoms with Gasteiger partial charge in [0.1, 0.15) is 23.8 Å². The van der Waals surface area contributed by atoms with Gasteiger partial charge in [-0.2, -0.15) is 5.10 Å². The van der Waals surface area contributed by atoms with Crippen molar-refractivity contribution in [3.05, 3.63) is 46.1 Å². The zero-order chi connectivity index (χ0) is 20.2. The molecule has 7 nitrogen and oxygen atoms in total. The van der Waals surface area contributed by atoms with Crippen molar-refractivity contribution in [2.24, 2.45) is 0 Å². The zero-order valence-electron chi connectivity index (χ0n) is 16.5. The van der Waals surface area contributed by atoms with Gasteiger partial charge in [-0.3, -0.25) is 9.36 Å². The number of alkyl halides is 1. The maximum Gasteiger partial charge on any atom is 0.346 e. The van der Waals surface area contributed by atoms with Gasteiger partial charge in [0.2, 0.25) is 5.91 Å². The summed E-state index contributed by atoms with van der Waals surface area (Å²) in [5.74, 6) is 1.32. The molecule has 154 valence electrons. The van der Waals surface area contributed by atoms with Gasteiger partial charge in [0, 0.05) is 11.8 Å². The molecule has 2 aliphatic heterocycles. The third-order valence-electron chi connectivity index (χ3n) is 6.57. The SMILES string of the molecule is COc1ccc(C2(Cn3nc4n(c3=O)C(C(=O)N3CC(F)C3)CCC4)CC2)cc1. The molecule has 29 heavy (non-hydrogen) atoms. The minimum atomic E-state index is -0.944. The monoisotopic (exact) mass is 400 g/mol. The lowest BCUT2D eigenvalue weighted by molar-refractivity contribution is -0.142. The Morgan fingerprint density at radius 3 is 2.62 bits per heavy atom. The van der Waals surface area contributed by atoms with Crippen LogP contribution in [0, 0.1) is 0 Å². The number of carbonyl (C=O) groups excluding carboxylic acids is 1. The number of rotatable bonds is 5. The molecule has 1 aromatic heterocycles.